The second-order valence-electron chi connectivity index (χ2n) is 6.70. The van der Waals surface area contributed by atoms with Crippen LogP contribution < -0.4 is 0 Å². The van der Waals surface area contributed by atoms with E-state index in [9.17, 15) is 0 Å². The van der Waals surface area contributed by atoms with Gasteiger partial charge in [0.25, 0.3) is 0 Å². The monoisotopic (exact) mass is 301 g/mol. The van der Waals surface area contributed by atoms with Crippen molar-refractivity contribution < 1.29 is 4.74 Å². The van der Waals surface area contributed by atoms with Gasteiger partial charge in [0.15, 0.2) is 0 Å². The highest BCUT2D eigenvalue weighted by molar-refractivity contribution is 7.80. The normalized spacial score (nSPS) is 17.7. The Morgan fingerprint density at radius 1 is 1.25 bits per heavy atom. The molecule has 120 valence electrons. The Balaban J connectivity index is 2.70. The van der Waals surface area contributed by atoms with E-state index < -0.39 is 0 Å². The molecule has 1 fully saturated rings. The van der Waals surface area contributed by atoms with E-state index in [1.807, 2.05) is 7.11 Å². The second-order valence-corrected chi connectivity index (χ2v) is 7.02. The third-order valence-corrected chi connectivity index (χ3v) is 5.57. The largest absolute Gasteiger partial charge is 0.383 e. The maximum absolute atomic E-state index is 5.33. The molecule has 2 nitrogen and oxygen atoms in total. The molecule has 0 radical (unpaired) electrons. The van der Waals surface area contributed by atoms with Crippen LogP contribution in [0.15, 0.2) is 0 Å². The number of thiol groups is 1. The minimum Gasteiger partial charge on any atom is -0.383 e. The summed E-state index contributed by atoms with van der Waals surface area (Å²) >= 11 is 4.71. The van der Waals surface area contributed by atoms with Crippen LogP contribution in [0.5, 0.6) is 0 Å². The maximum atomic E-state index is 5.33. The van der Waals surface area contributed by atoms with Crippen molar-refractivity contribution in [2.24, 2.45) is 11.3 Å². The summed E-state index contributed by atoms with van der Waals surface area (Å²) in [5.74, 6) is 1.93. The molecule has 0 heterocycles. The summed E-state index contributed by atoms with van der Waals surface area (Å²) < 4.78 is 5.33. The Kier molecular flexibility index (Phi) is 8.54. The van der Waals surface area contributed by atoms with Gasteiger partial charge in [-0.3, -0.25) is 4.90 Å². The molecule has 1 atom stereocenters. The van der Waals surface area contributed by atoms with Crippen LogP contribution in [-0.4, -0.2) is 43.5 Å². The lowest BCUT2D eigenvalue weighted by Gasteiger charge is -2.40. The number of nitrogens with zero attached hydrogens (tertiary/aromatic N) is 1. The van der Waals surface area contributed by atoms with Crippen LogP contribution >= 0.6 is 12.6 Å². The summed E-state index contributed by atoms with van der Waals surface area (Å²) in [6.45, 7) is 10.1. The molecule has 0 bridgehead atoms. The predicted molar refractivity (Wildman–Crippen MR) is 91.7 cm³/mol. The smallest absolute Gasteiger partial charge is 0.0589 e. The van der Waals surface area contributed by atoms with Gasteiger partial charge in [0.2, 0.25) is 0 Å². The first-order chi connectivity index (χ1) is 9.62. The van der Waals surface area contributed by atoms with Gasteiger partial charge in [-0.15, -0.1) is 0 Å². The Morgan fingerprint density at radius 3 is 2.25 bits per heavy atom. The van der Waals surface area contributed by atoms with Gasteiger partial charge in [0, 0.05) is 26.2 Å². The van der Waals surface area contributed by atoms with Gasteiger partial charge in [-0.2, -0.15) is 12.6 Å². The minimum absolute atomic E-state index is 0.392. The highest BCUT2D eigenvalue weighted by Gasteiger charge is 2.36. The fourth-order valence-electron chi connectivity index (χ4n) is 3.49. The van der Waals surface area contributed by atoms with Gasteiger partial charge >= 0.3 is 0 Å². The minimum atomic E-state index is 0.392. The molecular formula is C17H35NOS. The summed E-state index contributed by atoms with van der Waals surface area (Å²) in [4.78, 5) is 2.68. The molecule has 3 heteroatoms. The number of hydrogen-bond donors (Lipinski definition) is 1. The van der Waals surface area contributed by atoms with Gasteiger partial charge in [-0.1, -0.05) is 26.7 Å². The molecule has 0 aliphatic heterocycles. The third-order valence-electron chi connectivity index (χ3n) is 4.90. The molecule has 0 N–H and O–H groups in total. The molecule has 0 amide bonds. The maximum Gasteiger partial charge on any atom is 0.0589 e. The zero-order valence-corrected chi connectivity index (χ0v) is 14.9. The molecule has 0 aromatic rings. The molecule has 0 spiro atoms. The predicted octanol–water partition coefficient (Wildman–Crippen LogP) is 4.25. The zero-order valence-electron chi connectivity index (χ0n) is 14.0. The average molecular weight is 302 g/mol. The van der Waals surface area contributed by atoms with Gasteiger partial charge in [-0.05, 0) is 49.7 Å². The van der Waals surface area contributed by atoms with Gasteiger partial charge in [-0.25, -0.2) is 0 Å². The Hall–Kier alpha value is 0.270. The van der Waals surface area contributed by atoms with Crippen LogP contribution in [0.1, 0.15) is 59.3 Å². The molecular weight excluding hydrogens is 266 g/mol. The Morgan fingerprint density at radius 2 is 1.85 bits per heavy atom. The summed E-state index contributed by atoms with van der Waals surface area (Å²) in [5, 5.41) is 0. The van der Waals surface area contributed by atoms with Crippen molar-refractivity contribution in [3.63, 3.8) is 0 Å². The molecule has 0 aromatic carbocycles. The van der Waals surface area contributed by atoms with E-state index in [4.69, 9.17) is 17.4 Å². The van der Waals surface area contributed by atoms with E-state index in [-0.39, 0.29) is 0 Å². The van der Waals surface area contributed by atoms with Gasteiger partial charge < -0.3 is 4.74 Å². The average Bonchev–Trinajstić information content (AvgIpc) is 3.27. The fraction of sp³-hybridized carbons (Fsp3) is 1.00. The van der Waals surface area contributed by atoms with Crippen molar-refractivity contribution in [2.45, 2.75) is 65.3 Å². The number of rotatable bonds is 12. The fourth-order valence-corrected chi connectivity index (χ4v) is 3.91. The van der Waals surface area contributed by atoms with Crippen LogP contribution in [0.4, 0.5) is 0 Å². The Bertz CT molecular complexity index is 249. The molecule has 1 aliphatic carbocycles. The van der Waals surface area contributed by atoms with Crippen molar-refractivity contribution in [3.05, 3.63) is 0 Å². The molecule has 20 heavy (non-hydrogen) atoms. The quantitative estimate of drug-likeness (QED) is 0.541. The first kappa shape index (κ1) is 18.3. The number of ether oxygens (including phenoxy) is 1. The van der Waals surface area contributed by atoms with Crippen molar-refractivity contribution in [2.75, 3.05) is 32.6 Å². The lowest BCUT2D eigenvalue weighted by molar-refractivity contribution is 0.0716. The van der Waals surface area contributed by atoms with Crippen molar-refractivity contribution in [1.29, 1.82) is 0 Å². The third kappa shape index (κ3) is 5.57. The zero-order chi connectivity index (χ0) is 15.0. The van der Waals surface area contributed by atoms with E-state index in [1.165, 1.54) is 45.1 Å². The molecule has 1 rings (SSSR count). The highest BCUT2D eigenvalue weighted by atomic mass is 32.1. The van der Waals surface area contributed by atoms with Crippen LogP contribution in [0, 0.1) is 11.3 Å². The standard InChI is InChI=1S/C17H35NOS/c1-5-9-17(14-20,10-6-2)13-18(11-12-19-4)15(3)16-7-8-16/h15-16,20H,5-14H2,1-4H3. The van der Waals surface area contributed by atoms with Crippen molar-refractivity contribution >= 4 is 12.6 Å². The van der Waals surface area contributed by atoms with Gasteiger partial charge in [0.1, 0.15) is 0 Å². The van der Waals surface area contributed by atoms with E-state index in [0.29, 0.717) is 11.5 Å². The first-order valence-corrected chi connectivity index (χ1v) is 9.09. The summed E-state index contributed by atoms with van der Waals surface area (Å²) in [6.07, 6.45) is 7.95. The Labute approximate surface area is 132 Å². The first-order valence-electron chi connectivity index (χ1n) is 8.46. The molecule has 0 aromatic heterocycles. The van der Waals surface area contributed by atoms with E-state index in [2.05, 4.69) is 25.7 Å². The molecule has 1 aliphatic rings. The summed E-state index contributed by atoms with van der Waals surface area (Å²) in [7, 11) is 1.81. The van der Waals surface area contributed by atoms with E-state index >= 15 is 0 Å². The lowest BCUT2D eigenvalue weighted by atomic mass is 9.80. The summed E-state index contributed by atoms with van der Waals surface area (Å²) in [6, 6.07) is 0.707. The van der Waals surface area contributed by atoms with Crippen LogP contribution in [0.2, 0.25) is 0 Å². The summed E-state index contributed by atoms with van der Waals surface area (Å²) in [5.41, 5.74) is 0.392. The number of methoxy groups -OCH3 is 1. The van der Waals surface area contributed by atoms with Crippen LogP contribution in [0.3, 0.4) is 0 Å². The SMILES string of the molecule is CCCC(CS)(CCC)CN(CCOC)C(C)C1CC1. The van der Waals surface area contributed by atoms with Gasteiger partial charge in [0.05, 0.1) is 6.61 Å². The molecule has 1 unspecified atom stereocenters. The van der Waals surface area contributed by atoms with Crippen LogP contribution in [-0.2, 0) is 4.74 Å². The van der Waals surface area contributed by atoms with E-state index in [0.717, 1.165) is 24.8 Å². The van der Waals surface area contributed by atoms with E-state index in [1.54, 1.807) is 0 Å². The molecule has 0 saturated heterocycles. The second kappa shape index (κ2) is 9.32. The number of hydrogen-bond acceptors (Lipinski definition) is 3. The highest BCUT2D eigenvalue weighted by Crippen LogP contribution is 2.38. The molecule has 1 saturated carbocycles. The lowest BCUT2D eigenvalue weighted by Crippen LogP contribution is -2.45. The topological polar surface area (TPSA) is 12.5 Å². The van der Waals surface area contributed by atoms with Crippen LogP contribution in [0.25, 0.3) is 0 Å². The van der Waals surface area contributed by atoms with Crippen molar-refractivity contribution in [3.8, 4) is 0 Å². The van der Waals surface area contributed by atoms with Crippen molar-refractivity contribution in [1.82, 2.24) is 4.90 Å².